The summed E-state index contributed by atoms with van der Waals surface area (Å²) in [4.78, 5) is 0.159. The number of ether oxygens (including phenoxy) is 1. The zero-order valence-corrected chi connectivity index (χ0v) is 12.4. The van der Waals surface area contributed by atoms with Gasteiger partial charge in [-0.05, 0) is 37.1 Å². The van der Waals surface area contributed by atoms with E-state index in [2.05, 4.69) is 5.10 Å². The summed E-state index contributed by atoms with van der Waals surface area (Å²) in [5.41, 5.74) is 2.10. The topological polar surface area (TPSA) is 87.2 Å². The molecule has 0 fully saturated rings. The van der Waals surface area contributed by atoms with Gasteiger partial charge in [0.2, 0.25) is 10.0 Å². The molecule has 20 heavy (non-hydrogen) atoms. The quantitative estimate of drug-likeness (QED) is 0.920. The highest BCUT2D eigenvalue weighted by Crippen LogP contribution is 2.25. The fraction of sp³-hybridized carbons (Fsp3) is 0.308. The summed E-state index contributed by atoms with van der Waals surface area (Å²) in [6.45, 7) is 3.77. The first-order valence-electron chi connectivity index (χ1n) is 6.02. The lowest BCUT2D eigenvalue weighted by Crippen LogP contribution is -2.15. The summed E-state index contributed by atoms with van der Waals surface area (Å²) in [6, 6.07) is 3.34. The van der Waals surface area contributed by atoms with Crippen molar-refractivity contribution in [3.63, 3.8) is 0 Å². The van der Waals surface area contributed by atoms with Crippen molar-refractivity contribution in [1.82, 2.24) is 9.78 Å². The van der Waals surface area contributed by atoms with E-state index in [9.17, 15) is 8.42 Å². The van der Waals surface area contributed by atoms with Crippen molar-refractivity contribution in [3.8, 4) is 5.75 Å². The van der Waals surface area contributed by atoms with Gasteiger partial charge in [-0.3, -0.25) is 4.68 Å². The van der Waals surface area contributed by atoms with E-state index in [-0.39, 0.29) is 4.90 Å². The predicted octanol–water partition coefficient (Wildman–Crippen LogP) is 1.26. The second kappa shape index (κ2) is 5.26. The average molecular weight is 295 g/mol. The molecule has 1 heterocycles. The zero-order chi connectivity index (χ0) is 14.9. The second-order valence-corrected chi connectivity index (χ2v) is 6.24. The molecule has 2 aromatic rings. The van der Waals surface area contributed by atoms with Gasteiger partial charge in [-0.15, -0.1) is 0 Å². The van der Waals surface area contributed by atoms with Crippen LogP contribution in [0.15, 0.2) is 29.4 Å². The molecule has 7 heteroatoms. The Balaban J connectivity index is 2.23. The Labute approximate surface area is 118 Å². The molecule has 0 aliphatic rings. The van der Waals surface area contributed by atoms with E-state index >= 15 is 0 Å². The molecule has 2 N–H and O–H groups in total. The van der Waals surface area contributed by atoms with Gasteiger partial charge in [0.25, 0.3) is 0 Å². The van der Waals surface area contributed by atoms with Crippen LogP contribution in [0.5, 0.6) is 5.75 Å². The highest BCUT2D eigenvalue weighted by molar-refractivity contribution is 7.89. The fourth-order valence-electron chi connectivity index (χ4n) is 2.16. The number of sulfonamides is 1. The van der Waals surface area contributed by atoms with Crippen LogP contribution in [0.3, 0.4) is 0 Å². The smallest absolute Gasteiger partial charge is 0.238 e. The van der Waals surface area contributed by atoms with E-state index in [0.717, 1.165) is 5.56 Å². The Hall–Kier alpha value is -1.86. The lowest BCUT2D eigenvalue weighted by molar-refractivity contribution is 0.305. The summed E-state index contributed by atoms with van der Waals surface area (Å²) in [7, 11) is -1.88. The average Bonchev–Trinajstić information content (AvgIpc) is 2.69. The van der Waals surface area contributed by atoms with Gasteiger partial charge in [0, 0.05) is 18.8 Å². The van der Waals surface area contributed by atoms with Crippen LogP contribution < -0.4 is 9.88 Å². The molecule has 1 aromatic heterocycles. The van der Waals surface area contributed by atoms with Crippen molar-refractivity contribution < 1.29 is 13.2 Å². The van der Waals surface area contributed by atoms with Crippen molar-refractivity contribution in [2.75, 3.05) is 0 Å². The van der Waals surface area contributed by atoms with Gasteiger partial charge in [-0.25, -0.2) is 13.6 Å². The third-order valence-electron chi connectivity index (χ3n) is 2.88. The van der Waals surface area contributed by atoms with Crippen molar-refractivity contribution >= 4 is 10.0 Å². The molecule has 0 aliphatic heterocycles. The first-order valence-corrected chi connectivity index (χ1v) is 7.56. The van der Waals surface area contributed by atoms with Gasteiger partial charge in [-0.1, -0.05) is 0 Å². The third-order valence-corrected chi connectivity index (χ3v) is 4.10. The highest BCUT2D eigenvalue weighted by Gasteiger charge is 2.16. The van der Waals surface area contributed by atoms with E-state index in [1.54, 1.807) is 36.9 Å². The molecule has 0 radical (unpaired) electrons. The molecule has 0 saturated heterocycles. The van der Waals surface area contributed by atoms with Crippen molar-refractivity contribution in [2.24, 2.45) is 12.2 Å². The van der Waals surface area contributed by atoms with E-state index < -0.39 is 10.0 Å². The number of aromatic nitrogens is 2. The number of aryl methyl sites for hydroxylation is 3. The molecule has 108 valence electrons. The molecule has 6 nitrogen and oxygen atoms in total. The molecule has 0 saturated carbocycles. The minimum absolute atomic E-state index is 0.159. The van der Waals surface area contributed by atoms with Crippen LogP contribution >= 0.6 is 0 Å². The number of nitrogens with zero attached hydrogens (tertiary/aromatic N) is 2. The van der Waals surface area contributed by atoms with Gasteiger partial charge in [0.15, 0.2) is 0 Å². The predicted molar refractivity (Wildman–Crippen MR) is 74.8 cm³/mol. The fourth-order valence-corrected chi connectivity index (χ4v) is 3.17. The number of hydrogen-bond donors (Lipinski definition) is 1. The monoisotopic (exact) mass is 295 g/mol. The second-order valence-electron chi connectivity index (χ2n) is 4.74. The molecule has 0 spiro atoms. The molecular weight excluding hydrogens is 278 g/mol. The molecule has 0 bridgehead atoms. The van der Waals surface area contributed by atoms with Gasteiger partial charge < -0.3 is 4.74 Å². The number of rotatable bonds is 4. The maximum absolute atomic E-state index is 11.5. The summed E-state index contributed by atoms with van der Waals surface area (Å²) in [5.74, 6) is 0.608. The first-order chi connectivity index (χ1) is 9.27. The van der Waals surface area contributed by atoms with E-state index in [0.29, 0.717) is 23.5 Å². The number of benzene rings is 1. The minimum atomic E-state index is -3.71. The van der Waals surface area contributed by atoms with Crippen molar-refractivity contribution in [3.05, 3.63) is 41.2 Å². The molecule has 0 atom stereocenters. The van der Waals surface area contributed by atoms with Crippen LogP contribution in [0.2, 0.25) is 0 Å². The SMILES string of the molecule is Cc1cc(OCc2cnn(C)c2)cc(C)c1S(N)(=O)=O. The Morgan fingerprint density at radius 2 is 1.90 bits per heavy atom. The Bertz CT molecular complexity index is 712. The Morgan fingerprint density at radius 3 is 2.35 bits per heavy atom. The lowest BCUT2D eigenvalue weighted by Gasteiger charge is -2.11. The standard InChI is InChI=1S/C13H17N3O3S/c1-9-4-12(5-10(2)13(9)20(14,17)18)19-8-11-6-15-16(3)7-11/h4-7H,8H2,1-3H3,(H2,14,17,18). The Kier molecular flexibility index (Phi) is 3.82. The van der Waals surface area contributed by atoms with E-state index in [1.807, 2.05) is 13.2 Å². The summed E-state index contributed by atoms with van der Waals surface area (Å²) < 4.78 is 30.3. The van der Waals surface area contributed by atoms with Crippen molar-refractivity contribution in [1.29, 1.82) is 0 Å². The molecule has 1 aromatic carbocycles. The first kappa shape index (κ1) is 14.5. The maximum atomic E-state index is 11.5. The number of nitrogens with two attached hydrogens (primary N) is 1. The van der Waals surface area contributed by atoms with Gasteiger partial charge in [0.1, 0.15) is 12.4 Å². The molecule has 2 rings (SSSR count). The van der Waals surface area contributed by atoms with Gasteiger partial charge >= 0.3 is 0 Å². The third kappa shape index (κ3) is 3.17. The normalized spacial score (nSPS) is 11.6. The number of primary sulfonamides is 1. The van der Waals surface area contributed by atoms with Crippen LogP contribution in [0.25, 0.3) is 0 Å². The zero-order valence-electron chi connectivity index (χ0n) is 11.6. The van der Waals surface area contributed by atoms with E-state index in [1.165, 1.54) is 0 Å². The molecular formula is C13H17N3O3S. The minimum Gasteiger partial charge on any atom is -0.489 e. The lowest BCUT2D eigenvalue weighted by atomic mass is 10.1. The van der Waals surface area contributed by atoms with E-state index in [4.69, 9.17) is 9.88 Å². The summed E-state index contributed by atoms with van der Waals surface area (Å²) >= 11 is 0. The van der Waals surface area contributed by atoms with Crippen LogP contribution in [0, 0.1) is 13.8 Å². The maximum Gasteiger partial charge on any atom is 0.238 e. The molecule has 0 amide bonds. The molecule has 0 unspecified atom stereocenters. The van der Waals surface area contributed by atoms with Crippen LogP contribution in [0.1, 0.15) is 16.7 Å². The van der Waals surface area contributed by atoms with Crippen molar-refractivity contribution in [2.45, 2.75) is 25.3 Å². The Morgan fingerprint density at radius 1 is 1.30 bits per heavy atom. The van der Waals surface area contributed by atoms with Gasteiger partial charge in [-0.2, -0.15) is 5.10 Å². The number of hydrogen-bond acceptors (Lipinski definition) is 4. The summed E-state index contributed by atoms with van der Waals surface area (Å²) in [6.07, 6.45) is 3.58. The van der Waals surface area contributed by atoms with Crippen LogP contribution in [-0.2, 0) is 23.7 Å². The summed E-state index contributed by atoms with van der Waals surface area (Å²) in [5, 5.41) is 9.25. The molecule has 0 aliphatic carbocycles. The largest absolute Gasteiger partial charge is 0.489 e. The van der Waals surface area contributed by atoms with Crippen LogP contribution in [-0.4, -0.2) is 18.2 Å². The highest BCUT2D eigenvalue weighted by atomic mass is 32.2. The van der Waals surface area contributed by atoms with Gasteiger partial charge in [0.05, 0.1) is 11.1 Å². The van der Waals surface area contributed by atoms with Crippen LogP contribution in [0.4, 0.5) is 0 Å².